The minimum atomic E-state index is -5.08. The molecule has 10 nitrogen and oxygen atoms in total. The number of amides is 1. The van der Waals surface area contributed by atoms with Gasteiger partial charge in [-0.3, -0.25) is 14.8 Å². The first-order chi connectivity index (χ1) is 15.6. The van der Waals surface area contributed by atoms with Crippen molar-refractivity contribution >= 4 is 17.8 Å². The molecule has 0 bridgehead atoms. The number of nitrogens with zero attached hydrogens (tertiary/aromatic N) is 5. The van der Waals surface area contributed by atoms with E-state index < -0.39 is 18.2 Å². The van der Waals surface area contributed by atoms with Crippen molar-refractivity contribution in [3.8, 4) is 0 Å². The summed E-state index contributed by atoms with van der Waals surface area (Å²) in [6, 6.07) is 1.81. The summed E-state index contributed by atoms with van der Waals surface area (Å²) in [6.45, 7) is 3.86. The van der Waals surface area contributed by atoms with E-state index >= 15 is 0 Å². The monoisotopic (exact) mass is 468 g/mol. The molecular formula is C20H23F3N6O4. The highest BCUT2D eigenvalue weighted by Crippen LogP contribution is 2.34. The molecule has 2 N–H and O–H groups in total. The largest absolute Gasteiger partial charge is 0.490 e. The molecule has 2 aliphatic rings. The highest BCUT2D eigenvalue weighted by molar-refractivity contribution is 5.81. The number of alkyl halides is 3. The Labute approximate surface area is 187 Å². The van der Waals surface area contributed by atoms with Gasteiger partial charge in [-0.05, 0) is 31.7 Å². The van der Waals surface area contributed by atoms with Crippen molar-refractivity contribution in [2.75, 3.05) is 18.0 Å². The van der Waals surface area contributed by atoms with Crippen LogP contribution in [0.2, 0.25) is 0 Å². The molecule has 0 saturated carbocycles. The molecule has 0 unspecified atom stereocenters. The number of halogens is 3. The van der Waals surface area contributed by atoms with Gasteiger partial charge in [0.1, 0.15) is 6.10 Å². The summed E-state index contributed by atoms with van der Waals surface area (Å²) in [5.74, 6) is -1.71. The van der Waals surface area contributed by atoms with Crippen molar-refractivity contribution in [1.82, 2.24) is 25.3 Å². The highest BCUT2D eigenvalue weighted by Gasteiger charge is 2.42. The molecule has 2 aliphatic heterocycles. The van der Waals surface area contributed by atoms with Crippen molar-refractivity contribution in [2.24, 2.45) is 5.92 Å². The van der Waals surface area contributed by atoms with E-state index in [2.05, 4.69) is 30.2 Å². The summed E-state index contributed by atoms with van der Waals surface area (Å²) in [5, 5.41) is 10.0. The molecule has 33 heavy (non-hydrogen) atoms. The smallest absolute Gasteiger partial charge is 0.475 e. The Hall–Kier alpha value is -3.35. The number of carbonyl (C=O) groups excluding carboxylic acids is 1. The maximum atomic E-state index is 12.5. The molecule has 13 heteroatoms. The zero-order valence-electron chi connectivity index (χ0n) is 17.7. The average molecular weight is 468 g/mol. The molecule has 0 spiro atoms. The van der Waals surface area contributed by atoms with Gasteiger partial charge in [-0.15, -0.1) is 0 Å². The number of carboxylic acid groups (broad SMARTS) is 1. The van der Waals surface area contributed by atoms with Crippen LogP contribution < -0.4 is 10.2 Å². The number of aryl methyl sites for hydroxylation is 1. The fourth-order valence-corrected chi connectivity index (χ4v) is 3.54. The van der Waals surface area contributed by atoms with Crippen LogP contribution in [0.25, 0.3) is 0 Å². The first kappa shape index (κ1) is 24.3. The first-order valence-electron chi connectivity index (χ1n) is 10.2. The SMILES string of the molecule is Cc1cnc(CNC(=O)[C@@H]2C[C@@H]3CCN(c4ncccn4)C[C@H]3O2)cn1.O=C(O)C(F)(F)F. The standard InChI is InChI=1S/C18H22N6O2.C2HF3O2/c1-12-8-22-14(9-21-12)10-23-17(25)15-7-13-3-6-24(11-16(13)26-15)18-19-4-2-5-20-18;3-2(4,5)1(6)7/h2,4-5,8-9,13,15-16H,3,6-7,10-11H2,1H3,(H,23,25);(H,6,7)/t13-,15-,16+;/m0./s1. The van der Waals surface area contributed by atoms with Crippen LogP contribution in [-0.4, -0.2) is 68.4 Å². The number of carbonyl (C=O) groups is 2. The van der Waals surface area contributed by atoms with Crippen LogP contribution in [0.5, 0.6) is 0 Å². The second kappa shape index (κ2) is 10.5. The minimum absolute atomic E-state index is 0.0440. The number of rotatable bonds is 4. The van der Waals surface area contributed by atoms with Gasteiger partial charge in [-0.1, -0.05) is 0 Å². The lowest BCUT2D eigenvalue weighted by atomic mass is 9.92. The van der Waals surface area contributed by atoms with Crippen LogP contribution in [-0.2, 0) is 20.9 Å². The molecule has 2 saturated heterocycles. The number of carboxylic acids is 1. The molecular weight excluding hydrogens is 445 g/mol. The number of hydrogen-bond donors (Lipinski definition) is 2. The Morgan fingerprint density at radius 2 is 1.91 bits per heavy atom. The predicted octanol–water partition coefficient (Wildman–Crippen LogP) is 1.51. The molecule has 2 fully saturated rings. The van der Waals surface area contributed by atoms with Gasteiger partial charge in [-0.25, -0.2) is 14.8 Å². The van der Waals surface area contributed by atoms with Gasteiger partial charge >= 0.3 is 12.1 Å². The molecule has 4 heterocycles. The molecule has 0 radical (unpaired) electrons. The molecule has 2 aromatic rings. The Bertz CT molecular complexity index is 945. The number of ether oxygens (including phenoxy) is 1. The van der Waals surface area contributed by atoms with Crippen LogP contribution in [0.3, 0.4) is 0 Å². The molecule has 3 atom stereocenters. The quantitative estimate of drug-likeness (QED) is 0.686. The minimum Gasteiger partial charge on any atom is -0.475 e. The second-order valence-corrected chi connectivity index (χ2v) is 7.61. The summed E-state index contributed by atoms with van der Waals surface area (Å²) < 4.78 is 37.8. The lowest BCUT2D eigenvalue weighted by Gasteiger charge is -2.33. The van der Waals surface area contributed by atoms with Gasteiger partial charge in [0.05, 0.1) is 30.2 Å². The van der Waals surface area contributed by atoms with Crippen molar-refractivity contribution in [3.63, 3.8) is 0 Å². The fourth-order valence-electron chi connectivity index (χ4n) is 3.54. The van der Waals surface area contributed by atoms with Gasteiger partial charge in [0.2, 0.25) is 11.9 Å². The van der Waals surface area contributed by atoms with Crippen molar-refractivity contribution in [3.05, 3.63) is 42.2 Å². The summed E-state index contributed by atoms with van der Waals surface area (Å²) in [4.78, 5) is 40.5. The van der Waals surface area contributed by atoms with E-state index in [4.69, 9.17) is 14.6 Å². The number of aromatic nitrogens is 4. The van der Waals surface area contributed by atoms with Gasteiger partial charge in [0.15, 0.2) is 0 Å². The van der Waals surface area contributed by atoms with Crippen molar-refractivity contribution < 1.29 is 32.6 Å². The van der Waals surface area contributed by atoms with Gasteiger partial charge in [0.25, 0.3) is 0 Å². The zero-order chi connectivity index (χ0) is 24.0. The van der Waals surface area contributed by atoms with Crippen molar-refractivity contribution in [2.45, 2.75) is 44.7 Å². The Kier molecular flexibility index (Phi) is 7.74. The normalized spacial score (nSPS) is 22.1. The number of hydrogen-bond acceptors (Lipinski definition) is 8. The zero-order valence-corrected chi connectivity index (χ0v) is 17.7. The van der Waals surface area contributed by atoms with Gasteiger partial charge < -0.3 is 20.1 Å². The van der Waals surface area contributed by atoms with Crippen LogP contribution in [0.4, 0.5) is 19.1 Å². The van der Waals surface area contributed by atoms with Crippen LogP contribution in [0.15, 0.2) is 30.9 Å². The van der Waals surface area contributed by atoms with Crippen molar-refractivity contribution in [1.29, 1.82) is 0 Å². The molecule has 0 aliphatic carbocycles. The maximum absolute atomic E-state index is 12.5. The summed E-state index contributed by atoms with van der Waals surface area (Å²) >= 11 is 0. The number of fused-ring (bicyclic) bond motifs is 1. The average Bonchev–Trinajstić information content (AvgIpc) is 3.22. The van der Waals surface area contributed by atoms with Crippen LogP contribution >= 0.6 is 0 Å². The molecule has 0 aromatic carbocycles. The Morgan fingerprint density at radius 3 is 2.52 bits per heavy atom. The molecule has 178 valence electrons. The Balaban J connectivity index is 0.000000383. The summed E-state index contributed by atoms with van der Waals surface area (Å²) in [5.41, 5.74) is 1.60. The van der Waals surface area contributed by atoms with E-state index in [1.54, 1.807) is 30.9 Å². The number of anilines is 1. The van der Waals surface area contributed by atoms with E-state index in [1.807, 2.05) is 6.92 Å². The van der Waals surface area contributed by atoms with E-state index in [1.165, 1.54) is 0 Å². The summed E-state index contributed by atoms with van der Waals surface area (Å²) in [7, 11) is 0. The Morgan fingerprint density at radius 1 is 1.21 bits per heavy atom. The van der Waals surface area contributed by atoms with E-state index in [0.29, 0.717) is 12.5 Å². The van der Waals surface area contributed by atoms with Gasteiger partial charge in [-0.2, -0.15) is 13.2 Å². The van der Waals surface area contributed by atoms with E-state index in [0.717, 1.165) is 43.3 Å². The fraction of sp³-hybridized carbons (Fsp3) is 0.500. The van der Waals surface area contributed by atoms with E-state index in [-0.39, 0.29) is 12.0 Å². The number of nitrogens with one attached hydrogen (secondary N) is 1. The van der Waals surface area contributed by atoms with Crippen LogP contribution in [0, 0.1) is 12.8 Å². The number of aliphatic carboxylic acids is 1. The van der Waals surface area contributed by atoms with E-state index in [9.17, 15) is 18.0 Å². The molecule has 4 rings (SSSR count). The number of piperidine rings is 1. The summed E-state index contributed by atoms with van der Waals surface area (Å²) in [6.07, 6.45) is 3.17. The lowest BCUT2D eigenvalue weighted by molar-refractivity contribution is -0.192. The third-order valence-corrected chi connectivity index (χ3v) is 5.20. The molecule has 1 amide bonds. The first-order valence-corrected chi connectivity index (χ1v) is 10.2. The third-order valence-electron chi connectivity index (χ3n) is 5.20. The lowest BCUT2D eigenvalue weighted by Crippen LogP contribution is -2.43. The predicted molar refractivity (Wildman–Crippen MR) is 108 cm³/mol. The highest BCUT2D eigenvalue weighted by atomic mass is 19.4. The third kappa shape index (κ3) is 6.81. The van der Waals surface area contributed by atoms with Crippen LogP contribution in [0.1, 0.15) is 24.2 Å². The van der Waals surface area contributed by atoms with Gasteiger partial charge in [0, 0.05) is 31.7 Å². The topological polar surface area (TPSA) is 130 Å². The maximum Gasteiger partial charge on any atom is 0.490 e. The molecule has 2 aromatic heterocycles. The second-order valence-electron chi connectivity index (χ2n) is 7.61.